The molecule has 0 radical (unpaired) electrons. The molecule has 0 aromatic heterocycles. The number of rotatable bonds is 5. The fraction of sp³-hybridized carbons (Fsp3) is 0.429. The van der Waals surface area contributed by atoms with Crippen molar-refractivity contribution in [2.24, 2.45) is 0 Å². The van der Waals surface area contributed by atoms with Gasteiger partial charge in [-0.15, -0.1) is 0 Å². The lowest BCUT2D eigenvalue weighted by Gasteiger charge is -2.25. The van der Waals surface area contributed by atoms with Gasteiger partial charge in [0.2, 0.25) is 11.8 Å². The second-order valence-electron chi connectivity index (χ2n) is 4.58. The number of carbonyl (C=O) groups excluding carboxylic acids is 2. The van der Waals surface area contributed by atoms with Crippen LogP contribution in [0.3, 0.4) is 0 Å². The van der Waals surface area contributed by atoms with Crippen LogP contribution in [0.2, 0.25) is 0 Å². The maximum absolute atomic E-state index is 11.8. The zero-order valence-corrected chi connectivity index (χ0v) is 13.0. The van der Waals surface area contributed by atoms with E-state index in [9.17, 15) is 9.59 Å². The maximum Gasteiger partial charge on any atom is 0.226 e. The molecule has 1 aromatic carbocycles. The Bertz CT molecular complexity index is 461. The normalized spacial score (nSPS) is 10.4. The van der Waals surface area contributed by atoms with Crippen LogP contribution in [-0.4, -0.2) is 29.3 Å². The molecule has 0 aliphatic rings. The van der Waals surface area contributed by atoms with Gasteiger partial charge in [-0.2, -0.15) is 0 Å². The second kappa shape index (κ2) is 7.28. The molecule has 0 saturated heterocycles. The smallest absolute Gasteiger partial charge is 0.226 e. The summed E-state index contributed by atoms with van der Waals surface area (Å²) in [4.78, 5) is 24.9. The Morgan fingerprint density at radius 1 is 1.32 bits per heavy atom. The number of anilines is 1. The first kappa shape index (κ1) is 15.7. The van der Waals surface area contributed by atoms with E-state index >= 15 is 0 Å². The first-order chi connectivity index (χ1) is 8.91. The number of nitrogens with one attached hydrogen (secondary N) is 1. The van der Waals surface area contributed by atoms with Crippen LogP contribution in [0.5, 0.6) is 0 Å². The van der Waals surface area contributed by atoms with Crippen LogP contribution >= 0.6 is 15.9 Å². The van der Waals surface area contributed by atoms with Crippen LogP contribution in [0.1, 0.15) is 27.2 Å². The van der Waals surface area contributed by atoms with Crippen molar-refractivity contribution in [3.8, 4) is 0 Å². The van der Waals surface area contributed by atoms with Gasteiger partial charge in [0.05, 0.1) is 5.69 Å². The van der Waals surface area contributed by atoms with E-state index in [1.165, 1.54) is 6.92 Å². The molecule has 0 bridgehead atoms. The number of amides is 2. The predicted octanol–water partition coefficient (Wildman–Crippen LogP) is 3.03. The second-order valence-corrected chi connectivity index (χ2v) is 5.44. The highest BCUT2D eigenvalue weighted by Gasteiger charge is 2.14. The number of para-hydroxylation sites is 1. The van der Waals surface area contributed by atoms with E-state index in [1.54, 1.807) is 4.90 Å². The van der Waals surface area contributed by atoms with Crippen molar-refractivity contribution >= 4 is 33.4 Å². The van der Waals surface area contributed by atoms with Gasteiger partial charge in [0.15, 0.2) is 0 Å². The lowest BCUT2D eigenvalue weighted by Crippen LogP contribution is -2.37. The Morgan fingerprint density at radius 2 is 1.95 bits per heavy atom. The minimum Gasteiger partial charge on any atom is -0.340 e. The molecular formula is C14H19BrN2O2. The number of hydrogen-bond acceptors (Lipinski definition) is 2. The highest BCUT2D eigenvalue weighted by Crippen LogP contribution is 2.21. The van der Waals surface area contributed by atoms with Gasteiger partial charge in [-0.05, 0) is 41.9 Å². The van der Waals surface area contributed by atoms with Crippen molar-refractivity contribution in [3.05, 3.63) is 28.7 Å². The summed E-state index contributed by atoms with van der Waals surface area (Å²) in [5.41, 5.74) is 0.742. The Morgan fingerprint density at radius 3 is 2.47 bits per heavy atom. The molecule has 1 N–H and O–H groups in total. The van der Waals surface area contributed by atoms with Gasteiger partial charge in [0.25, 0.3) is 0 Å². The molecule has 0 saturated carbocycles. The molecule has 2 amide bonds. The first-order valence-corrected chi connectivity index (χ1v) is 7.02. The van der Waals surface area contributed by atoms with Crippen LogP contribution in [-0.2, 0) is 9.59 Å². The molecule has 104 valence electrons. The summed E-state index contributed by atoms with van der Waals surface area (Å²) in [7, 11) is 0. The standard InChI is InChI=1S/C14H19BrN2O2/c1-10(2)17(11(3)18)9-8-14(19)16-13-7-5-4-6-12(13)15/h4-7,10H,8-9H2,1-3H3,(H,16,19). The summed E-state index contributed by atoms with van der Waals surface area (Å²) in [6, 6.07) is 7.54. The predicted molar refractivity (Wildman–Crippen MR) is 79.9 cm³/mol. The highest BCUT2D eigenvalue weighted by molar-refractivity contribution is 9.10. The molecule has 0 unspecified atom stereocenters. The SMILES string of the molecule is CC(=O)N(CCC(=O)Nc1ccccc1Br)C(C)C. The third kappa shape index (κ3) is 5.03. The largest absolute Gasteiger partial charge is 0.340 e. The number of benzene rings is 1. The van der Waals surface area contributed by atoms with Gasteiger partial charge < -0.3 is 10.2 Å². The van der Waals surface area contributed by atoms with E-state index in [0.29, 0.717) is 13.0 Å². The number of hydrogen-bond donors (Lipinski definition) is 1. The summed E-state index contributed by atoms with van der Waals surface area (Å²) < 4.78 is 0.843. The third-order valence-corrected chi connectivity index (χ3v) is 3.45. The van der Waals surface area contributed by atoms with Gasteiger partial charge in [0, 0.05) is 30.4 Å². The Labute approximate surface area is 122 Å². The van der Waals surface area contributed by atoms with E-state index in [2.05, 4.69) is 21.2 Å². The molecule has 0 fully saturated rings. The van der Waals surface area contributed by atoms with Crippen LogP contribution < -0.4 is 5.32 Å². The fourth-order valence-electron chi connectivity index (χ4n) is 1.78. The molecule has 0 atom stereocenters. The molecule has 4 nitrogen and oxygen atoms in total. The molecule has 0 aliphatic heterocycles. The van der Waals surface area contributed by atoms with Crippen LogP contribution in [0.4, 0.5) is 5.69 Å². The Hall–Kier alpha value is -1.36. The van der Waals surface area contributed by atoms with Crippen molar-refractivity contribution in [1.82, 2.24) is 4.90 Å². The molecule has 5 heteroatoms. The molecular weight excluding hydrogens is 308 g/mol. The van der Waals surface area contributed by atoms with Crippen LogP contribution in [0, 0.1) is 0 Å². The van der Waals surface area contributed by atoms with Gasteiger partial charge >= 0.3 is 0 Å². The lowest BCUT2D eigenvalue weighted by molar-refractivity contribution is -0.130. The van der Waals surface area contributed by atoms with Crippen molar-refractivity contribution in [2.45, 2.75) is 33.2 Å². The first-order valence-electron chi connectivity index (χ1n) is 6.23. The number of carbonyl (C=O) groups is 2. The van der Waals surface area contributed by atoms with Gasteiger partial charge in [-0.25, -0.2) is 0 Å². The number of halogens is 1. The molecule has 0 heterocycles. The van der Waals surface area contributed by atoms with E-state index in [1.807, 2.05) is 38.1 Å². The van der Waals surface area contributed by atoms with Crippen molar-refractivity contribution in [3.63, 3.8) is 0 Å². The molecule has 0 spiro atoms. The molecule has 1 aromatic rings. The monoisotopic (exact) mass is 326 g/mol. The van der Waals surface area contributed by atoms with Crippen LogP contribution in [0.25, 0.3) is 0 Å². The summed E-state index contributed by atoms with van der Waals surface area (Å²) >= 11 is 3.37. The average Bonchev–Trinajstić information content (AvgIpc) is 2.31. The zero-order valence-electron chi connectivity index (χ0n) is 11.4. The topological polar surface area (TPSA) is 49.4 Å². The van der Waals surface area contributed by atoms with Crippen LogP contribution in [0.15, 0.2) is 28.7 Å². The summed E-state index contributed by atoms with van der Waals surface area (Å²) in [5, 5.41) is 2.82. The zero-order chi connectivity index (χ0) is 14.4. The minimum atomic E-state index is -0.0983. The van der Waals surface area contributed by atoms with E-state index in [4.69, 9.17) is 0 Å². The summed E-state index contributed by atoms with van der Waals surface area (Å²) in [6.07, 6.45) is 0.291. The molecule has 1 rings (SSSR count). The van der Waals surface area contributed by atoms with E-state index in [-0.39, 0.29) is 17.9 Å². The van der Waals surface area contributed by atoms with Crippen molar-refractivity contribution < 1.29 is 9.59 Å². The lowest BCUT2D eigenvalue weighted by atomic mass is 10.2. The fourth-order valence-corrected chi connectivity index (χ4v) is 2.16. The minimum absolute atomic E-state index is 0.0105. The van der Waals surface area contributed by atoms with E-state index in [0.717, 1.165) is 10.2 Å². The molecule has 19 heavy (non-hydrogen) atoms. The van der Waals surface area contributed by atoms with Crippen molar-refractivity contribution in [2.75, 3.05) is 11.9 Å². The van der Waals surface area contributed by atoms with Gasteiger partial charge in [-0.1, -0.05) is 12.1 Å². The quantitative estimate of drug-likeness (QED) is 0.904. The summed E-state index contributed by atoms with van der Waals surface area (Å²) in [6.45, 7) is 5.83. The van der Waals surface area contributed by atoms with E-state index < -0.39 is 0 Å². The Kier molecular flexibility index (Phi) is 6.02. The third-order valence-electron chi connectivity index (χ3n) is 2.76. The molecule has 0 aliphatic carbocycles. The van der Waals surface area contributed by atoms with Gasteiger partial charge in [-0.3, -0.25) is 9.59 Å². The Balaban J connectivity index is 2.52. The van der Waals surface area contributed by atoms with Gasteiger partial charge in [0.1, 0.15) is 0 Å². The average molecular weight is 327 g/mol. The summed E-state index contributed by atoms with van der Waals surface area (Å²) in [5.74, 6) is -0.109. The maximum atomic E-state index is 11.8. The highest BCUT2D eigenvalue weighted by atomic mass is 79.9. The number of nitrogens with zero attached hydrogens (tertiary/aromatic N) is 1. The van der Waals surface area contributed by atoms with Crippen molar-refractivity contribution in [1.29, 1.82) is 0 Å².